The van der Waals surface area contributed by atoms with E-state index >= 15 is 0 Å². The van der Waals surface area contributed by atoms with Crippen molar-refractivity contribution in [3.63, 3.8) is 0 Å². The zero-order valence-electron chi connectivity index (χ0n) is 53.2. The summed E-state index contributed by atoms with van der Waals surface area (Å²) in [5.74, 6) is 1.40. The van der Waals surface area contributed by atoms with Crippen LogP contribution in [0.2, 0.25) is 0 Å². The molecular formula is C82H70N8. The van der Waals surface area contributed by atoms with Crippen LogP contribution in [-0.4, -0.2) is 24.1 Å². The quantitative estimate of drug-likeness (QED) is 0.141. The minimum absolute atomic E-state index is 0.0730. The summed E-state index contributed by atoms with van der Waals surface area (Å²) < 4.78 is 4.75. The Labute approximate surface area is 527 Å². The first-order valence-corrected chi connectivity index (χ1v) is 30.8. The molecule has 0 atom stereocenters. The lowest BCUT2D eigenvalue weighted by Crippen LogP contribution is -2.10. The van der Waals surface area contributed by atoms with E-state index in [1.165, 1.54) is 43.8 Å². The van der Waals surface area contributed by atoms with Gasteiger partial charge in [-0.2, -0.15) is 10.5 Å². The van der Waals surface area contributed by atoms with E-state index in [4.69, 9.17) is 21.5 Å². The maximum absolute atomic E-state index is 10.4. The van der Waals surface area contributed by atoms with E-state index in [1.54, 1.807) is 0 Å². The number of fused-ring (bicyclic) bond motifs is 6. The van der Waals surface area contributed by atoms with Gasteiger partial charge in [-0.1, -0.05) is 168 Å². The first kappa shape index (κ1) is 58.3. The third-order valence-electron chi connectivity index (χ3n) is 17.7. The molecule has 0 aliphatic rings. The highest BCUT2D eigenvalue weighted by atomic mass is 15.0. The van der Waals surface area contributed by atoms with E-state index in [9.17, 15) is 10.5 Å². The van der Waals surface area contributed by atoms with E-state index in [2.05, 4.69) is 243 Å². The van der Waals surface area contributed by atoms with Crippen LogP contribution >= 0.6 is 0 Å². The topological polar surface area (TPSA) is 100 Å². The van der Waals surface area contributed by atoms with Crippen LogP contribution in [0.1, 0.15) is 116 Å². The van der Waals surface area contributed by atoms with Gasteiger partial charge in [0.1, 0.15) is 0 Å². The second kappa shape index (κ2) is 21.8. The Kier molecular flexibility index (Phi) is 14.2. The molecule has 8 nitrogen and oxygen atoms in total. The molecule has 0 amide bonds. The predicted octanol–water partition coefficient (Wildman–Crippen LogP) is 21.6. The van der Waals surface area contributed by atoms with Gasteiger partial charge in [-0.15, -0.1) is 0 Å². The van der Waals surface area contributed by atoms with Gasteiger partial charge in [-0.25, -0.2) is 19.8 Å². The molecule has 13 rings (SSSR count). The number of hydrogen-bond acceptors (Lipinski definition) is 5. The molecule has 8 heteroatoms. The minimum Gasteiger partial charge on any atom is -0.309 e. The van der Waals surface area contributed by atoms with Crippen LogP contribution < -0.4 is 0 Å². The van der Waals surface area contributed by atoms with Crippen molar-refractivity contribution in [1.29, 1.82) is 10.5 Å². The van der Waals surface area contributed by atoms with Gasteiger partial charge >= 0.3 is 0 Å². The highest BCUT2D eigenvalue weighted by Gasteiger charge is 2.26. The summed E-state index contributed by atoms with van der Waals surface area (Å²) in [5, 5.41) is 24.8. The Morgan fingerprint density at radius 3 is 1.09 bits per heavy atom. The first-order chi connectivity index (χ1) is 42.9. The molecule has 0 spiro atoms. The van der Waals surface area contributed by atoms with E-state index in [1.807, 2.05) is 72.8 Å². The molecule has 3 aromatic heterocycles. The maximum Gasteiger partial charge on any atom is 0.187 e. The van der Waals surface area contributed by atoms with Crippen molar-refractivity contribution < 1.29 is 0 Å². The van der Waals surface area contributed by atoms with Gasteiger partial charge in [0.2, 0.25) is 0 Å². The van der Waals surface area contributed by atoms with Crippen LogP contribution in [0.3, 0.4) is 0 Å². The fraction of sp³-hybridized carbons (Fsp3) is 0.195. The van der Waals surface area contributed by atoms with Crippen LogP contribution in [-0.2, 0) is 21.7 Å². The average molecular weight is 1170 g/mol. The number of aromatic nitrogens is 5. The highest BCUT2D eigenvalue weighted by Crippen LogP contribution is 2.45. The van der Waals surface area contributed by atoms with Gasteiger partial charge in [-0.3, -0.25) is 0 Å². The minimum atomic E-state index is -0.0744. The van der Waals surface area contributed by atoms with E-state index in [0.717, 1.165) is 83.5 Å². The zero-order valence-corrected chi connectivity index (χ0v) is 53.2. The summed E-state index contributed by atoms with van der Waals surface area (Å²) in [6.07, 6.45) is 0. The van der Waals surface area contributed by atoms with E-state index in [0.29, 0.717) is 34.3 Å². The molecule has 438 valence electrons. The molecular weight excluding hydrogens is 1100 g/mol. The molecule has 0 saturated heterocycles. The summed E-state index contributed by atoms with van der Waals surface area (Å²) in [5.41, 5.74) is 20.4. The standard InChI is InChI=1S/C82H70N8/c1-79(2,3)59-29-35-72-66(44-59)67-45-60(80(4,5)6)30-36-73(67)89(72)70-33-27-57(42-64(70)54-19-14-17-51(39-54)49-84)77-86-76(56-21-15-18-53(40-56)52-25-23-50(48-83)24-26-52)87-78(88-77)58-28-34-71(65(43-58)55-20-16-22-63(41-55)85-13)90-74-37-31-61(81(7,8)9)46-68(74)69-47-62(82(10,11)12)32-38-75(69)90/h14-47H,1-12H3. The Morgan fingerprint density at radius 1 is 0.333 bits per heavy atom. The van der Waals surface area contributed by atoms with E-state index in [-0.39, 0.29) is 21.7 Å². The second-order valence-electron chi connectivity index (χ2n) is 28.0. The monoisotopic (exact) mass is 1170 g/mol. The van der Waals surface area contributed by atoms with Crippen LogP contribution in [0.25, 0.3) is 127 Å². The molecule has 0 aliphatic heterocycles. The molecule has 0 saturated carbocycles. The maximum atomic E-state index is 10.4. The molecule has 3 heterocycles. The number of nitrogens with zero attached hydrogens (tertiary/aromatic N) is 8. The third-order valence-corrected chi connectivity index (χ3v) is 17.7. The smallest absolute Gasteiger partial charge is 0.187 e. The van der Waals surface area contributed by atoms with Gasteiger partial charge in [-0.05, 0) is 187 Å². The van der Waals surface area contributed by atoms with Crippen molar-refractivity contribution in [2.45, 2.75) is 105 Å². The lowest BCUT2D eigenvalue weighted by Gasteiger charge is -2.20. The van der Waals surface area contributed by atoms with E-state index < -0.39 is 0 Å². The second-order valence-corrected chi connectivity index (χ2v) is 28.0. The largest absolute Gasteiger partial charge is 0.309 e. The Hall–Kier alpha value is -10.7. The molecule has 0 aliphatic carbocycles. The lowest BCUT2D eigenvalue weighted by atomic mass is 9.85. The van der Waals surface area contributed by atoms with Crippen molar-refractivity contribution in [3.05, 3.63) is 251 Å². The average Bonchev–Trinajstić information content (AvgIpc) is 1.69. The predicted molar refractivity (Wildman–Crippen MR) is 372 cm³/mol. The van der Waals surface area contributed by atoms with Gasteiger partial charge in [0.15, 0.2) is 23.2 Å². The normalized spacial score (nSPS) is 12.2. The van der Waals surface area contributed by atoms with Gasteiger partial charge in [0.05, 0.1) is 63.3 Å². The number of rotatable bonds is 8. The Bertz CT molecular complexity index is 4780. The van der Waals surface area contributed by atoms with Crippen LogP contribution in [0, 0.1) is 29.2 Å². The lowest BCUT2D eigenvalue weighted by molar-refractivity contribution is 0.590. The fourth-order valence-corrected chi connectivity index (χ4v) is 12.5. The van der Waals surface area contributed by atoms with Crippen molar-refractivity contribution in [3.8, 4) is 91.1 Å². The highest BCUT2D eigenvalue weighted by molar-refractivity contribution is 6.12. The summed E-state index contributed by atoms with van der Waals surface area (Å²) in [6.45, 7) is 35.3. The number of nitriles is 2. The molecule has 0 fully saturated rings. The van der Waals surface area contributed by atoms with Crippen LogP contribution in [0.15, 0.2) is 206 Å². The fourth-order valence-electron chi connectivity index (χ4n) is 12.5. The molecule has 10 aromatic carbocycles. The van der Waals surface area contributed by atoms with Gasteiger partial charge in [0.25, 0.3) is 0 Å². The number of hydrogen-bond donors (Lipinski definition) is 0. The number of benzene rings is 10. The molecule has 0 unspecified atom stereocenters. The third kappa shape index (κ3) is 10.7. The van der Waals surface area contributed by atoms with Crippen molar-refractivity contribution in [2.24, 2.45) is 0 Å². The summed E-state index contributed by atoms with van der Waals surface area (Å²) in [6, 6.07) is 76.5. The molecule has 0 radical (unpaired) electrons. The van der Waals surface area contributed by atoms with Gasteiger partial charge < -0.3 is 9.13 Å². The molecule has 90 heavy (non-hydrogen) atoms. The first-order valence-electron chi connectivity index (χ1n) is 30.8. The zero-order chi connectivity index (χ0) is 63.2. The SMILES string of the molecule is [C-]#[N+]c1cccc(-c2cc(-c3nc(-c4cccc(-c5ccc(C#N)cc5)c4)nc(-c4ccc(-n5c6ccc(C(C)(C)C)cc6c6cc(C(C)(C)C)ccc65)c(-c5cccc(C#N)c5)c4)n3)ccc2-n2c3ccc(C(C)(C)C)cc3c3cc(C(C)(C)C)ccc32)c1. The molecule has 0 bridgehead atoms. The van der Waals surface area contributed by atoms with Crippen molar-refractivity contribution in [1.82, 2.24) is 24.1 Å². The summed E-state index contributed by atoms with van der Waals surface area (Å²) in [4.78, 5) is 20.2. The summed E-state index contributed by atoms with van der Waals surface area (Å²) >= 11 is 0. The van der Waals surface area contributed by atoms with Crippen LogP contribution in [0.4, 0.5) is 5.69 Å². The van der Waals surface area contributed by atoms with Crippen molar-refractivity contribution in [2.75, 3.05) is 0 Å². The molecule has 0 N–H and O–H groups in total. The molecule has 13 aromatic rings. The van der Waals surface area contributed by atoms with Crippen molar-refractivity contribution >= 4 is 49.3 Å². The Morgan fingerprint density at radius 2 is 0.689 bits per heavy atom. The summed E-state index contributed by atoms with van der Waals surface area (Å²) in [7, 11) is 0. The van der Waals surface area contributed by atoms with Gasteiger partial charge in [0, 0.05) is 49.4 Å². The van der Waals surface area contributed by atoms with Crippen LogP contribution in [0.5, 0.6) is 0 Å². The Balaban J connectivity index is 1.07.